The molecule has 7 rings (SSSR count). The summed E-state index contributed by atoms with van der Waals surface area (Å²) in [6.07, 6.45) is 10.7. The van der Waals surface area contributed by atoms with Gasteiger partial charge in [0.2, 0.25) is 0 Å². The van der Waals surface area contributed by atoms with Crippen molar-refractivity contribution in [1.29, 1.82) is 0 Å². The lowest BCUT2D eigenvalue weighted by atomic mass is 9.84. The van der Waals surface area contributed by atoms with Crippen LogP contribution in [-0.2, 0) is 6.54 Å². The van der Waals surface area contributed by atoms with E-state index >= 15 is 0 Å². The van der Waals surface area contributed by atoms with Crippen molar-refractivity contribution in [3.63, 3.8) is 0 Å². The number of pyridine rings is 2. The van der Waals surface area contributed by atoms with Gasteiger partial charge in [-0.1, -0.05) is 78.5 Å². The summed E-state index contributed by atoms with van der Waals surface area (Å²) in [4.78, 5) is 4.84. The second kappa shape index (κ2) is 10.1. The third kappa shape index (κ3) is 4.39. The van der Waals surface area contributed by atoms with E-state index < -0.39 is 0 Å². The summed E-state index contributed by atoms with van der Waals surface area (Å²) in [5.41, 5.74) is 14.7. The van der Waals surface area contributed by atoms with Crippen molar-refractivity contribution in [3.05, 3.63) is 115 Å². The van der Waals surface area contributed by atoms with Gasteiger partial charge in [-0.25, -0.2) is 0 Å². The summed E-state index contributed by atoms with van der Waals surface area (Å²) in [6.45, 7) is 0.515. The van der Waals surface area contributed by atoms with Crippen molar-refractivity contribution in [2.24, 2.45) is 5.73 Å². The molecule has 0 unspecified atom stereocenters. The monoisotopic (exact) mass is 510 g/mol. The van der Waals surface area contributed by atoms with E-state index in [2.05, 4.69) is 95.5 Å². The summed E-state index contributed by atoms with van der Waals surface area (Å²) in [5.74, 6) is 1.59. The van der Waals surface area contributed by atoms with E-state index in [0.717, 1.165) is 50.3 Å². The average molecular weight is 511 g/mol. The fourth-order valence-electron chi connectivity index (χ4n) is 5.99. The molecule has 3 aromatic heterocycles. The molecule has 0 radical (unpaired) electrons. The number of benzene rings is 3. The molecule has 0 amide bonds. The number of rotatable bonds is 5. The van der Waals surface area contributed by atoms with Crippen molar-refractivity contribution >= 4 is 16.6 Å². The van der Waals surface area contributed by atoms with E-state index in [1.807, 2.05) is 16.9 Å². The van der Waals surface area contributed by atoms with E-state index in [-0.39, 0.29) is 0 Å². The molecule has 0 spiro atoms. The molecule has 39 heavy (non-hydrogen) atoms. The number of hydrogen-bond acceptors (Lipinski definition) is 3. The third-order valence-electron chi connectivity index (χ3n) is 8.16. The quantitative estimate of drug-likeness (QED) is 0.254. The molecule has 3 heterocycles. The molecule has 1 aliphatic carbocycles. The van der Waals surface area contributed by atoms with Crippen LogP contribution in [0, 0.1) is 0 Å². The molecule has 192 valence electrons. The lowest BCUT2D eigenvalue weighted by molar-refractivity contribution is -0.498. The smallest absolute Gasteiger partial charge is 0.314 e. The van der Waals surface area contributed by atoms with Gasteiger partial charge in [0, 0.05) is 18.3 Å². The van der Waals surface area contributed by atoms with E-state index in [4.69, 9.17) is 15.8 Å². The highest BCUT2D eigenvalue weighted by Crippen LogP contribution is 2.33. The second-order valence-electron chi connectivity index (χ2n) is 10.6. The third-order valence-corrected chi connectivity index (χ3v) is 8.16. The van der Waals surface area contributed by atoms with Crippen molar-refractivity contribution in [1.82, 2.24) is 14.8 Å². The average Bonchev–Trinajstić information content (AvgIpc) is 3.42. The highest BCUT2D eigenvalue weighted by molar-refractivity contribution is 5.93. The molecule has 1 aliphatic rings. The van der Waals surface area contributed by atoms with Crippen molar-refractivity contribution < 1.29 is 4.40 Å². The van der Waals surface area contributed by atoms with Crippen molar-refractivity contribution in [2.45, 2.75) is 44.6 Å². The van der Waals surface area contributed by atoms with Gasteiger partial charge in [0.1, 0.15) is 5.69 Å². The Morgan fingerprint density at radius 3 is 2.31 bits per heavy atom. The lowest BCUT2D eigenvalue weighted by Gasteiger charge is -2.21. The predicted octanol–water partition coefficient (Wildman–Crippen LogP) is 7.00. The van der Waals surface area contributed by atoms with Crippen LogP contribution in [0.1, 0.15) is 49.1 Å². The van der Waals surface area contributed by atoms with Crippen LogP contribution in [0.15, 0.2) is 103 Å². The van der Waals surface area contributed by atoms with E-state index in [9.17, 15) is 0 Å². The molecule has 1 fully saturated rings. The molecule has 0 aliphatic heterocycles. The second-order valence-corrected chi connectivity index (χ2v) is 10.6. The Labute approximate surface area is 228 Å². The first kappa shape index (κ1) is 23.7. The van der Waals surface area contributed by atoms with Crippen LogP contribution in [-0.4, -0.2) is 14.8 Å². The summed E-state index contributed by atoms with van der Waals surface area (Å²) < 4.78 is 4.24. The molecule has 5 heteroatoms. The van der Waals surface area contributed by atoms with Gasteiger partial charge in [-0.3, -0.25) is 4.98 Å². The zero-order valence-electron chi connectivity index (χ0n) is 22.0. The predicted molar refractivity (Wildman–Crippen MR) is 157 cm³/mol. The van der Waals surface area contributed by atoms with E-state index in [1.165, 1.54) is 37.7 Å². The number of aromatic nitrogens is 4. The number of nitrogens with zero attached hydrogens (tertiary/aromatic N) is 4. The van der Waals surface area contributed by atoms with Gasteiger partial charge < -0.3 is 5.73 Å². The van der Waals surface area contributed by atoms with Crippen LogP contribution in [0.3, 0.4) is 0 Å². The van der Waals surface area contributed by atoms with Gasteiger partial charge in [-0.2, -0.15) is 4.40 Å². The lowest BCUT2D eigenvalue weighted by Crippen LogP contribution is -2.22. The molecule has 6 aromatic rings. The number of fused-ring (bicyclic) bond motifs is 3. The fourth-order valence-corrected chi connectivity index (χ4v) is 5.99. The van der Waals surface area contributed by atoms with Gasteiger partial charge in [-0.05, 0) is 71.8 Å². The molecular formula is C34H32N5+. The number of nitrogens with two attached hydrogens (primary N) is 1. The fraction of sp³-hybridized carbons (Fsp3) is 0.206. The van der Waals surface area contributed by atoms with Crippen LogP contribution in [0.2, 0.25) is 0 Å². The van der Waals surface area contributed by atoms with Gasteiger partial charge >= 0.3 is 5.82 Å². The Morgan fingerprint density at radius 2 is 1.56 bits per heavy atom. The minimum absolute atomic E-state index is 0.515. The topological polar surface area (TPSA) is 60.8 Å². The van der Waals surface area contributed by atoms with Gasteiger partial charge in [-0.15, -0.1) is 0 Å². The molecule has 5 nitrogen and oxygen atoms in total. The molecular weight excluding hydrogens is 478 g/mol. The largest absolute Gasteiger partial charge is 0.326 e. The molecule has 0 bridgehead atoms. The normalized spacial score (nSPS) is 14.3. The number of hydrogen-bond donors (Lipinski definition) is 1. The van der Waals surface area contributed by atoms with Crippen LogP contribution >= 0.6 is 0 Å². The Balaban J connectivity index is 1.42. The first-order chi connectivity index (χ1) is 19.3. The molecule has 1 saturated carbocycles. The first-order valence-electron chi connectivity index (χ1n) is 14.0. The Morgan fingerprint density at radius 1 is 0.795 bits per heavy atom. The summed E-state index contributed by atoms with van der Waals surface area (Å²) in [7, 11) is 0. The maximum atomic E-state index is 5.89. The highest BCUT2D eigenvalue weighted by atomic mass is 15.4. The van der Waals surface area contributed by atoms with Crippen molar-refractivity contribution in [3.8, 4) is 28.2 Å². The van der Waals surface area contributed by atoms with Crippen LogP contribution in [0.5, 0.6) is 0 Å². The van der Waals surface area contributed by atoms with E-state index in [1.54, 1.807) is 0 Å². The Hall–Kier alpha value is -4.35. The molecule has 2 N–H and O–H groups in total. The van der Waals surface area contributed by atoms with Gasteiger partial charge in [0.25, 0.3) is 5.65 Å². The molecule has 0 saturated heterocycles. The van der Waals surface area contributed by atoms with Crippen LogP contribution in [0.4, 0.5) is 0 Å². The van der Waals surface area contributed by atoms with Crippen LogP contribution < -0.4 is 10.1 Å². The molecule has 0 atom stereocenters. The summed E-state index contributed by atoms with van der Waals surface area (Å²) in [5, 5.41) is 6.26. The Bertz CT molecular complexity index is 1750. The van der Waals surface area contributed by atoms with Crippen molar-refractivity contribution in [2.75, 3.05) is 0 Å². The Kier molecular flexibility index (Phi) is 6.14. The zero-order chi connectivity index (χ0) is 26.2. The maximum Gasteiger partial charge on any atom is 0.314 e. The SMILES string of the molecule is NCc1ccc(-n2nc(-c3ccc(C4CCCCC4)cc3)[n+]3ccc4ncc(-c5ccccc5)cc4c23)cc1. The minimum Gasteiger partial charge on any atom is -0.326 e. The maximum absolute atomic E-state index is 5.89. The summed E-state index contributed by atoms with van der Waals surface area (Å²) in [6, 6.07) is 32.2. The van der Waals surface area contributed by atoms with E-state index in [0.29, 0.717) is 12.5 Å². The zero-order valence-corrected chi connectivity index (χ0v) is 22.0. The van der Waals surface area contributed by atoms with Crippen LogP contribution in [0.25, 0.3) is 44.8 Å². The van der Waals surface area contributed by atoms with Gasteiger partial charge in [0.15, 0.2) is 0 Å². The first-order valence-corrected chi connectivity index (χ1v) is 14.0. The molecule has 3 aromatic carbocycles. The van der Waals surface area contributed by atoms with Gasteiger partial charge in [0.05, 0.1) is 27.8 Å². The summed E-state index contributed by atoms with van der Waals surface area (Å²) >= 11 is 0. The minimum atomic E-state index is 0.515. The highest BCUT2D eigenvalue weighted by Gasteiger charge is 2.26. The standard InChI is InChI=1S/C34H32N5/c35-22-24-11-17-30(18-12-24)39-34-31-21-29(26-9-5-2-6-10-26)23-36-32(31)19-20-38(34)33(37-39)28-15-13-27(14-16-28)25-7-3-1-4-8-25/h2,5-6,9-21,23,25H,1,3-4,7-8,22,35H2/q+1.